The van der Waals surface area contributed by atoms with Crippen molar-refractivity contribution in [2.75, 3.05) is 29.5 Å². The van der Waals surface area contributed by atoms with E-state index in [2.05, 4.69) is 15.5 Å². The molecule has 0 radical (unpaired) electrons. The van der Waals surface area contributed by atoms with E-state index in [-0.39, 0.29) is 0 Å². The van der Waals surface area contributed by atoms with Crippen LogP contribution in [0.25, 0.3) is 0 Å². The monoisotopic (exact) mass is 256 g/mol. The van der Waals surface area contributed by atoms with Crippen LogP contribution in [0.15, 0.2) is 4.42 Å². The van der Waals surface area contributed by atoms with Crippen LogP contribution in [-0.2, 0) is 17.3 Å². The van der Waals surface area contributed by atoms with Crippen molar-refractivity contribution in [3.63, 3.8) is 0 Å². The Morgan fingerprint density at radius 1 is 1.35 bits per heavy atom. The molecule has 3 rings (SSSR count). The van der Waals surface area contributed by atoms with Crippen LogP contribution in [-0.4, -0.2) is 45.0 Å². The zero-order valence-corrected chi connectivity index (χ0v) is 10.4. The van der Waals surface area contributed by atoms with Gasteiger partial charge in [0, 0.05) is 41.4 Å². The molecule has 1 aromatic heterocycles. The van der Waals surface area contributed by atoms with Gasteiger partial charge < -0.3 is 14.6 Å². The van der Waals surface area contributed by atoms with Crippen LogP contribution in [0.5, 0.6) is 0 Å². The molecule has 1 aromatic rings. The van der Waals surface area contributed by atoms with Crippen molar-refractivity contribution in [3.05, 3.63) is 5.89 Å². The molecule has 6 nitrogen and oxygen atoms in total. The first-order valence-corrected chi connectivity index (χ1v) is 7.46. The van der Waals surface area contributed by atoms with Crippen molar-refractivity contribution >= 4 is 16.8 Å². The van der Waals surface area contributed by atoms with Crippen molar-refractivity contribution in [1.29, 1.82) is 0 Å². The van der Waals surface area contributed by atoms with Gasteiger partial charge in [-0.05, 0) is 12.8 Å². The smallest absolute Gasteiger partial charge is 0.318 e. The van der Waals surface area contributed by atoms with E-state index in [0.717, 1.165) is 13.1 Å². The van der Waals surface area contributed by atoms with Crippen molar-refractivity contribution in [2.45, 2.75) is 25.4 Å². The minimum absolute atomic E-state index is 0.564. The fourth-order valence-corrected chi connectivity index (χ4v) is 2.84. The van der Waals surface area contributed by atoms with Gasteiger partial charge >= 0.3 is 6.01 Å². The molecular weight excluding hydrogens is 240 g/mol. The number of aromatic nitrogens is 2. The topological polar surface area (TPSA) is 71.3 Å². The van der Waals surface area contributed by atoms with Gasteiger partial charge in [-0.3, -0.25) is 4.21 Å². The van der Waals surface area contributed by atoms with E-state index >= 15 is 0 Å². The zero-order valence-electron chi connectivity index (χ0n) is 9.59. The Balaban J connectivity index is 1.57. The van der Waals surface area contributed by atoms with Crippen LogP contribution in [0, 0.1) is 0 Å². The summed E-state index contributed by atoms with van der Waals surface area (Å²) in [6.45, 7) is 2.13. The zero-order chi connectivity index (χ0) is 11.7. The predicted molar refractivity (Wildman–Crippen MR) is 64.2 cm³/mol. The molecule has 0 aromatic carbocycles. The molecule has 0 atom stereocenters. The fourth-order valence-electron chi connectivity index (χ4n) is 1.79. The second-order valence-electron chi connectivity index (χ2n) is 4.47. The molecule has 0 amide bonds. The number of anilines is 1. The van der Waals surface area contributed by atoms with Gasteiger partial charge in [0.2, 0.25) is 5.89 Å². The van der Waals surface area contributed by atoms with Crippen molar-refractivity contribution < 1.29 is 8.63 Å². The molecule has 0 spiro atoms. The Morgan fingerprint density at radius 2 is 2.12 bits per heavy atom. The number of hydrogen-bond donors (Lipinski definition) is 1. The number of rotatable bonds is 4. The van der Waals surface area contributed by atoms with Gasteiger partial charge in [0.25, 0.3) is 0 Å². The molecule has 1 aliphatic carbocycles. The lowest BCUT2D eigenvalue weighted by Crippen LogP contribution is -2.37. The maximum atomic E-state index is 11.2. The van der Waals surface area contributed by atoms with Gasteiger partial charge in [-0.2, -0.15) is 0 Å². The molecular formula is C10H16N4O2S. The van der Waals surface area contributed by atoms with Crippen molar-refractivity contribution in [3.8, 4) is 0 Å². The van der Waals surface area contributed by atoms with E-state index in [1.807, 2.05) is 4.90 Å². The molecule has 1 N–H and O–H groups in total. The summed E-state index contributed by atoms with van der Waals surface area (Å²) in [5.74, 6) is 2.02. The van der Waals surface area contributed by atoms with Gasteiger partial charge in [-0.15, -0.1) is 5.10 Å². The summed E-state index contributed by atoms with van der Waals surface area (Å²) >= 11 is 0. The minimum atomic E-state index is -0.673. The molecule has 1 aliphatic heterocycles. The predicted octanol–water partition coefficient (Wildman–Crippen LogP) is -0.110. The van der Waals surface area contributed by atoms with E-state index in [4.69, 9.17) is 4.42 Å². The molecule has 0 bridgehead atoms. The summed E-state index contributed by atoms with van der Waals surface area (Å²) in [6.07, 6.45) is 2.50. The molecule has 2 fully saturated rings. The average Bonchev–Trinajstić information content (AvgIpc) is 3.06. The number of hydrogen-bond acceptors (Lipinski definition) is 6. The Kier molecular flexibility index (Phi) is 3.11. The van der Waals surface area contributed by atoms with Crippen LogP contribution in [0.2, 0.25) is 0 Å². The highest BCUT2D eigenvalue weighted by atomic mass is 32.2. The van der Waals surface area contributed by atoms with E-state index in [1.54, 1.807) is 0 Å². The first-order chi connectivity index (χ1) is 8.31. The first-order valence-electron chi connectivity index (χ1n) is 5.97. The molecule has 0 unspecified atom stereocenters. The molecule has 7 heteroatoms. The van der Waals surface area contributed by atoms with Gasteiger partial charge in [-0.25, -0.2) is 0 Å². The molecule has 2 heterocycles. The summed E-state index contributed by atoms with van der Waals surface area (Å²) < 4.78 is 16.8. The Morgan fingerprint density at radius 3 is 2.82 bits per heavy atom. The second-order valence-corrected chi connectivity index (χ2v) is 6.16. The summed E-state index contributed by atoms with van der Waals surface area (Å²) in [6, 6.07) is 1.21. The molecule has 1 saturated carbocycles. The molecule has 17 heavy (non-hydrogen) atoms. The summed E-state index contributed by atoms with van der Waals surface area (Å²) in [7, 11) is -0.673. The Hall–Kier alpha value is -0.950. The minimum Gasteiger partial charge on any atom is -0.407 e. The Labute approximate surface area is 102 Å². The van der Waals surface area contributed by atoms with Crippen LogP contribution in [0.3, 0.4) is 0 Å². The third-order valence-electron chi connectivity index (χ3n) is 3.02. The van der Waals surface area contributed by atoms with Crippen molar-refractivity contribution in [2.24, 2.45) is 0 Å². The first kappa shape index (κ1) is 11.2. The van der Waals surface area contributed by atoms with Gasteiger partial charge in [0.1, 0.15) is 0 Å². The highest BCUT2D eigenvalue weighted by molar-refractivity contribution is 7.85. The van der Waals surface area contributed by atoms with Crippen molar-refractivity contribution in [1.82, 2.24) is 15.5 Å². The third kappa shape index (κ3) is 2.84. The number of nitrogens with zero attached hydrogens (tertiary/aromatic N) is 3. The lowest BCUT2D eigenvalue weighted by molar-refractivity contribution is 0.461. The standard InChI is InChI=1S/C10H16N4O2S/c15-17-5-3-14(4-6-17)10-13-12-9(16-10)7-11-8-1-2-8/h8,11H,1-7H2. The van der Waals surface area contributed by atoms with Crippen LogP contribution in [0.4, 0.5) is 6.01 Å². The van der Waals surface area contributed by atoms with Gasteiger partial charge in [-0.1, -0.05) is 5.10 Å². The third-order valence-corrected chi connectivity index (χ3v) is 4.30. The lowest BCUT2D eigenvalue weighted by Gasteiger charge is -2.23. The largest absolute Gasteiger partial charge is 0.407 e. The SMILES string of the molecule is O=S1CCN(c2nnc(CNC3CC3)o2)CC1. The quantitative estimate of drug-likeness (QED) is 0.810. The van der Waals surface area contributed by atoms with E-state index < -0.39 is 10.8 Å². The van der Waals surface area contributed by atoms with E-state index in [9.17, 15) is 4.21 Å². The molecule has 1 saturated heterocycles. The van der Waals surface area contributed by atoms with Crippen LogP contribution >= 0.6 is 0 Å². The average molecular weight is 256 g/mol. The highest BCUT2D eigenvalue weighted by Crippen LogP contribution is 2.20. The lowest BCUT2D eigenvalue weighted by atomic mass is 10.5. The molecule has 94 valence electrons. The maximum Gasteiger partial charge on any atom is 0.318 e. The fraction of sp³-hybridized carbons (Fsp3) is 0.800. The van der Waals surface area contributed by atoms with Crippen LogP contribution in [0.1, 0.15) is 18.7 Å². The van der Waals surface area contributed by atoms with Crippen LogP contribution < -0.4 is 10.2 Å². The second kappa shape index (κ2) is 4.73. The Bertz CT molecular complexity index is 408. The van der Waals surface area contributed by atoms with Gasteiger partial charge in [0.15, 0.2) is 0 Å². The molecule has 2 aliphatic rings. The summed E-state index contributed by atoms with van der Waals surface area (Å²) in [5.41, 5.74) is 0. The summed E-state index contributed by atoms with van der Waals surface area (Å²) in [5, 5.41) is 11.4. The van der Waals surface area contributed by atoms with Gasteiger partial charge in [0.05, 0.1) is 6.54 Å². The maximum absolute atomic E-state index is 11.2. The normalized spacial score (nSPS) is 22.0. The summed E-state index contributed by atoms with van der Waals surface area (Å²) in [4.78, 5) is 2.01. The number of nitrogens with one attached hydrogen (secondary N) is 1. The van der Waals surface area contributed by atoms with E-state index in [0.29, 0.717) is 36.0 Å². The highest BCUT2D eigenvalue weighted by Gasteiger charge is 2.23. The van der Waals surface area contributed by atoms with E-state index in [1.165, 1.54) is 12.8 Å².